The van der Waals surface area contributed by atoms with Crippen molar-refractivity contribution in [3.8, 4) is 17.6 Å². The largest absolute Gasteiger partial charge is 0.573 e. The molecule has 1 aliphatic heterocycles. The number of piperazine rings is 1. The highest BCUT2D eigenvalue weighted by Crippen LogP contribution is 2.26. The molecule has 0 radical (unpaired) electrons. The topological polar surface area (TPSA) is 60.0 Å². The van der Waals surface area contributed by atoms with Crippen LogP contribution < -0.4 is 10.1 Å². The van der Waals surface area contributed by atoms with Gasteiger partial charge in [0.2, 0.25) is 0 Å². The number of rotatable bonds is 5. The normalized spacial score (nSPS) is 14.3. The number of ether oxygens (including phenoxy) is 3. The van der Waals surface area contributed by atoms with Gasteiger partial charge in [0.05, 0.1) is 0 Å². The smallest absolute Gasteiger partial charge is 0.422 e. The summed E-state index contributed by atoms with van der Waals surface area (Å²) in [5.41, 5.74) is 0.389. The second-order valence-corrected chi connectivity index (χ2v) is 5.46. The van der Waals surface area contributed by atoms with Crippen LogP contribution in [0.25, 0.3) is 0 Å². The number of hydrogen-bond donors (Lipinski definition) is 1. The Morgan fingerprint density at radius 2 is 1.96 bits per heavy atom. The Bertz CT molecular complexity index is 694. The maximum atomic E-state index is 13.5. The first-order chi connectivity index (χ1) is 12.8. The molecule has 0 saturated carbocycles. The van der Waals surface area contributed by atoms with Gasteiger partial charge in [-0.15, -0.1) is 13.2 Å². The molecule has 1 amide bonds. The van der Waals surface area contributed by atoms with Crippen LogP contribution in [0.1, 0.15) is 5.56 Å². The molecule has 1 fully saturated rings. The SMILES string of the molecule is O=C(OCOCC#CCc1ccc(OC(F)(F)F)c(F)c1)N1CCNCC1. The molecule has 0 aliphatic carbocycles. The van der Waals surface area contributed by atoms with Crippen LogP contribution in [-0.2, 0) is 15.9 Å². The predicted molar refractivity (Wildman–Crippen MR) is 86.3 cm³/mol. The van der Waals surface area contributed by atoms with E-state index in [2.05, 4.69) is 21.9 Å². The number of carbonyl (C=O) groups excluding carboxylic acids is 1. The number of carbonyl (C=O) groups is 1. The third-order valence-corrected chi connectivity index (χ3v) is 3.45. The van der Waals surface area contributed by atoms with Gasteiger partial charge in [-0.05, 0) is 17.7 Å². The molecule has 0 bridgehead atoms. The van der Waals surface area contributed by atoms with Crippen molar-refractivity contribution in [1.82, 2.24) is 10.2 Å². The maximum absolute atomic E-state index is 13.5. The molecule has 1 aromatic carbocycles. The van der Waals surface area contributed by atoms with Crippen molar-refractivity contribution in [3.05, 3.63) is 29.6 Å². The minimum atomic E-state index is -4.95. The van der Waals surface area contributed by atoms with Crippen molar-refractivity contribution in [2.24, 2.45) is 0 Å². The molecule has 1 aromatic rings. The lowest BCUT2D eigenvalue weighted by Crippen LogP contribution is -2.46. The van der Waals surface area contributed by atoms with E-state index >= 15 is 0 Å². The average molecular weight is 390 g/mol. The summed E-state index contributed by atoms with van der Waals surface area (Å²) in [7, 11) is 0. The fourth-order valence-corrected chi connectivity index (χ4v) is 2.20. The predicted octanol–water partition coefficient (Wildman–Crippen LogP) is 2.29. The number of nitrogens with zero attached hydrogens (tertiary/aromatic N) is 1. The van der Waals surface area contributed by atoms with E-state index in [4.69, 9.17) is 9.47 Å². The Labute approximate surface area is 153 Å². The zero-order valence-corrected chi connectivity index (χ0v) is 14.3. The molecule has 10 heteroatoms. The van der Waals surface area contributed by atoms with Crippen LogP contribution in [-0.4, -0.2) is 56.9 Å². The first-order valence-electron chi connectivity index (χ1n) is 8.05. The highest BCUT2D eigenvalue weighted by molar-refractivity contribution is 5.67. The lowest BCUT2D eigenvalue weighted by Gasteiger charge is -2.26. The van der Waals surface area contributed by atoms with Gasteiger partial charge in [-0.2, -0.15) is 0 Å². The maximum Gasteiger partial charge on any atom is 0.573 e. The van der Waals surface area contributed by atoms with Crippen LogP contribution >= 0.6 is 0 Å². The summed E-state index contributed by atoms with van der Waals surface area (Å²) in [5.74, 6) is 3.31. The molecule has 2 rings (SSSR count). The fourth-order valence-electron chi connectivity index (χ4n) is 2.20. The second-order valence-electron chi connectivity index (χ2n) is 5.46. The van der Waals surface area contributed by atoms with Crippen molar-refractivity contribution < 1.29 is 36.6 Å². The summed E-state index contributed by atoms with van der Waals surface area (Å²) in [4.78, 5) is 13.2. The zero-order valence-electron chi connectivity index (χ0n) is 14.3. The summed E-state index contributed by atoms with van der Waals surface area (Å²) < 4.78 is 63.3. The Balaban J connectivity index is 1.66. The van der Waals surface area contributed by atoms with E-state index in [1.807, 2.05) is 0 Å². The first kappa shape index (κ1) is 20.8. The minimum absolute atomic E-state index is 0.00736. The average Bonchev–Trinajstić information content (AvgIpc) is 2.62. The fraction of sp³-hybridized carbons (Fsp3) is 0.471. The Morgan fingerprint density at radius 3 is 2.63 bits per heavy atom. The number of benzene rings is 1. The van der Waals surface area contributed by atoms with Gasteiger partial charge in [0.25, 0.3) is 0 Å². The molecule has 1 saturated heterocycles. The van der Waals surface area contributed by atoms with Crippen molar-refractivity contribution in [2.45, 2.75) is 12.8 Å². The highest BCUT2D eigenvalue weighted by Gasteiger charge is 2.32. The summed E-state index contributed by atoms with van der Waals surface area (Å²) >= 11 is 0. The monoisotopic (exact) mass is 390 g/mol. The lowest BCUT2D eigenvalue weighted by atomic mass is 10.1. The van der Waals surface area contributed by atoms with Gasteiger partial charge in [-0.3, -0.25) is 0 Å². The molecule has 1 aliphatic rings. The molecule has 0 unspecified atom stereocenters. The first-order valence-corrected chi connectivity index (χ1v) is 8.05. The van der Waals surface area contributed by atoms with E-state index < -0.39 is 24.0 Å². The van der Waals surface area contributed by atoms with Crippen LogP contribution in [0.3, 0.4) is 0 Å². The quantitative estimate of drug-likeness (QED) is 0.362. The van der Waals surface area contributed by atoms with Crippen LogP contribution in [0.4, 0.5) is 22.4 Å². The summed E-state index contributed by atoms with van der Waals surface area (Å²) in [6.45, 7) is 2.32. The number of nitrogens with one attached hydrogen (secondary N) is 1. The Kier molecular flexibility index (Phi) is 7.69. The van der Waals surface area contributed by atoms with Crippen molar-refractivity contribution in [3.63, 3.8) is 0 Å². The molecular weight excluding hydrogens is 372 g/mol. The van der Waals surface area contributed by atoms with Gasteiger partial charge < -0.3 is 24.4 Å². The molecular formula is C17H18F4N2O4. The van der Waals surface area contributed by atoms with Crippen LogP contribution in [0.2, 0.25) is 0 Å². The zero-order chi connectivity index (χ0) is 19.7. The highest BCUT2D eigenvalue weighted by atomic mass is 19.4. The molecule has 1 N–H and O–H groups in total. The lowest BCUT2D eigenvalue weighted by molar-refractivity contribution is -0.275. The molecule has 0 atom stereocenters. The van der Waals surface area contributed by atoms with E-state index in [1.165, 1.54) is 6.07 Å². The van der Waals surface area contributed by atoms with Gasteiger partial charge in [-0.1, -0.05) is 17.9 Å². The number of hydrogen-bond acceptors (Lipinski definition) is 5. The van der Waals surface area contributed by atoms with Crippen molar-refractivity contribution >= 4 is 6.09 Å². The second kappa shape index (κ2) is 9.99. The number of halogens is 4. The molecule has 148 valence electrons. The molecule has 0 spiro atoms. The van der Waals surface area contributed by atoms with E-state index in [9.17, 15) is 22.4 Å². The van der Waals surface area contributed by atoms with E-state index in [1.54, 1.807) is 4.90 Å². The minimum Gasteiger partial charge on any atom is -0.422 e. The van der Waals surface area contributed by atoms with E-state index in [0.29, 0.717) is 31.7 Å². The van der Waals surface area contributed by atoms with Crippen molar-refractivity contribution in [1.29, 1.82) is 0 Å². The summed E-state index contributed by atoms with van der Waals surface area (Å²) in [6, 6.07) is 3.10. The van der Waals surface area contributed by atoms with Gasteiger partial charge in [0, 0.05) is 32.6 Å². The van der Waals surface area contributed by atoms with Crippen LogP contribution in [0.15, 0.2) is 18.2 Å². The summed E-state index contributed by atoms with van der Waals surface area (Å²) in [5, 5.41) is 3.11. The van der Waals surface area contributed by atoms with Gasteiger partial charge in [0.1, 0.15) is 6.61 Å². The number of amides is 1. The van der Waals surface area contributed by atoms with E-state index in [-0.39, 0.29) is 19.8 Å². The van der Waals surface area contributed by atoms with Crippen LogP contribution in [0.5, 0.6) is 5.75 Å². The van der Waals surface area contributed by atoms with Gasteiger partial charge in [0.15, 0.2) is 18.4 Å². The molecule has 1 heterocycles. The molecule has 27 heavy (non-hydrogen) atoms. The Morgan fingerprint density at radius 1 is 1.22 bits per heavy atom. The third-order valence-electron chi connectivity index (χ3n) is 3.45. The van der Waals surface area contributed by atoms with Crippen molar-refractivity contribution in [2.75, 3.05) is 39.6 Å². The van der Waals surface area contributed by atoms with Gasteiger partial charge >= 0.3 is 12.5 Å². The summed E-state index contributed by atoms with van der Waals surface area (Å²) in [6.07, 6.45) is -5.29. The molecule has 6 nitrogen and oxygen atoms in total. The van der Waals surface area contributed by atoms with E-state index in [0.717, 1.165) is 12.1 Å². The van der Waals surface area contributed by atoms with Gasteiger partial charge in [-0.25, -0.2) is 9.18 Å². The Hall–Kier alpha value is -2.51. The third kappa shape index (κ3) is 7.72. The standard InChI is InChI=1S/C17H18F4N2O4/c18-14-11-13(4-5-15(14)27-17(19,20)21)3-1-2-10-25-12-26-16(24)23-8-6-22-7-9-23/h4-5,11,22H,3,6-10,12H2. The molecule has 0 aromatic heterocycles. The number of alkyl halides is 3. The van der Waals surface area contributed by atoms with Crippen LogP contribution in [0, 0.1) is 17.7 Å².